The van der Waals surface area contributed by atoms with Crippen LogP contribution < -0.4 is 10.2 Å². The van der Waals surface area contributed by atoms with Gasteiger partial charge in [0, 0.05) is 36.4 Å². The fourth-order valence-corrected chi connectivity index (χ4v) is 3.83. The van der Waals surface area contributed by atoms with E-state index in [1.807, 2.05) is 31.1 Å². The van der Waals surface area contributed by atoms with Gasteiger partial charge in [-0.05, 0) is 50.7 Å². The van der Waals surface area contributed by atoms with Crippen LogP contribution in [0.4, 0.5) is 5.69 Å². The molecule has 2 heterocycles. The number of piperidine rings is 1. The van der Waals surface area contributed by atoms with Crippen molar-refractivity contribution in [3.8, 4) is 0 Å². The second-order valence-corrected chi connectivity index (χ2v) is 7.62. The largest absolute Gasteiger partial charge is 0.369 e. The van der Waals surface area contributed by atoms with Gasteiger partial charge in [-0.1, -0.05) is 18.5 Å². The highest BCUT2D eigenvalue weighted by atomic mass is 35.5. The van der Waals surface area contributed by atoms with Crippen LogP contribution in [0.5, 0.6) is 0 Å². The molecule has 134 valence electrons. The van der Waals surface area contributed by atoms with Crippen LogP contribution in [-0.4, -0.2) is 55.6 Å². The lowest BCUT2D eigenvalue weighted by molar-refractivity contribution is -0.122. The van der Waals surface area contributed by atoms with Crippen molar-refractivity contribution in [3.05, 3.63) is 35.5 Å². The summed E-state index contributed by atoms with van der Waals surface area (Å²) < 4.78 is 0. The lowest BCUT2D eigenvalue weighted by Crippen LogP contribution is -2.51. The third-order valence-corrected chi connectivity index (χ3v) is 4.83. The minimum atomic E-state index is 0.0756. The monoisotopic (exact) mass is 360 g/mol. The lowest BCUT2D eigenvalue weighted by atomic mass is 9.95. The first-order chi connectivity index (χ1) is 11.9. The Hall–Kier alpha value is -1.85. The Morgan fingerprint density at radius 3 is 2.92 bits per heavy atom. The van der Waals surface area contributed by atoms with E-state index in [-0.39, 0.29) is 11.9 Å². The topological polar surface area (TPSA) is 48.5 Å². The van der Waals surface area contributed by atoms with Gasteiger partial charge >= 0.3 is 0 Å². The zero-order chi connectivity index (χ0) is 18.0. The maximum atomic E-state index is 12.1. The van der Waals surface area contributed by atoms with Crippen molar-refractivity contribution in [2.24, 2.45) is 5.92 Å². The summed E-state index contributed by atoms with van der Waals surface area (Å²) in [5, 5.41) is 4.90. The number of anilines is 1. The highest BCUT2D eigenvalue weighted by Crippen LogP contribution is 2.33. The molecular formula is C19H25ClN4O. The van der Waals surface area contributed by atoms with Crippen molar-refractivity contribution in [2.45, 2.75) is 19.4 Å². The smallest absolute Gasteiger partial charge is 0.234 e. The molecule has 1 aliphatic heterocycles. The number of nitrogens with one attached hydrogen (secondary N) is 1. The van der Waals surface area contributed by atoms with Gasteiger partial charge in [-0.15, -0.1) is 0 Å². The number of aromatic nitrogens is 1. The van der Waals surface area contributed by atoms with E-state index in [4.69, 9.17) is 11.6 Å². The van der Waals surface area contributed by atoms with Gasteiger partial charge in [0.2, 0.25) is 5.91 Å². The number of hydrogen-bond donors (Lipinski definition) is 1. The number of rotatable bonds is 4. The summed E-state index contributed by atoms with van der Waals surface area (Å²) in [5.41, 5.74) is 1.96. The zero-order valence-corrected chi connectivity index (χ0v) is 15.8. The summed E-state index contributed by atoms with van der Waals surface area (Å²) in [6.45, 7) is 4.41. The second kappa shape index (κ2) is 7.58. The molecule has 1 aromatic carbocycles. The highest BCUT2D eigenvalue weighted by molar-refractivity contribution is 6.35. The van der Waals surface area contributed by atoms with Crippen LogP contribution >= 0.6 is 11.6 Å². The molecule has 1 fully saturated rings. The summed E-state index contributed by atoms with van der Waals surface area (Å²) in [7, 11) is 3.81. The van der Waals surface area contributed by atoms with Crippen molar-refractivity contribution < 1.29 is 4.79 Å². The van der Waals surface area contributed by atoms with Gasteiger partial charge in [0.15, 0.2) is 0 Å². The predicted octanol–water partition coefficient (Wildman–Crippen LogP) is 2.78. The number of hydrogen-bond acceptors (Lipinski definition) is 4. The fraction of sp³-hybridized carbons (Fsp3) is 0.474. The average molecular weight is 361 g/mol. The Balaban J connectivity index is 1.83. The van der Waals surface area contributed by atoms with E-state index in [9.17, 15) is 4.79 Å². The van der Waals surface area contributed by atoms with Crippen LogP contribution in [0.25, 0.3) is 10.9 Å². The van der Waals surface area contributed by atoms with Gasteiger partial charge in [-0.2, -0.15) is 0 Å². The summed E-state index contributed by atoms with van der Waals surface area (Å²) in [6.07, 6.45) is 2.76. The van der Waals surface area contributed by atoms with Crippen LogP contribution in [-0.2, 0) is 4.79 Å². The number of fused-ring (bicyclic) bond motifs is 1. The maximum absolute atomic E-state index is 12.1. The standard InChI is InChI=1S/C19H25ClN4O/c1-13-9-14(22-18(25)12-23(2)3)11-24(10-13)17-7-6-16(20)19-15(17)5-4-8-21-19/h4-8,13-14H,9-12H2,1-3H3,(H,22,25)/t13-,14+/m0/s1. The molecule has 2 aromatic rings. The molecule has 0 spiro atoms. The Morgan fingerprint density at radius 1 is 1.36 bits per heavy atom. The van der Waals surface area contributed by atoms with Gasteiger partial charge in [0.05, 0.1) is 17.1 Å². The van der Waals surface area contributed by atoms with Gasteiger partial charge < -0.3 is 15.1 Å². The van der Waals surface area contributed by atoms with Crippen LogP contribution in [0.3, 0.4) is 0 Å². The normalized spacial score (nSPS) is 20.9. The first-order valence-electron chi connectivity index (χ1n) is 8.66. The molecule has 0 unspecified atom stereocenters. The molecule has 1 aliphatic rings. The predicted molar refractivity (Wildman–Crippen MR) is 103 cm³/mol. The van der Waals surface area contributed by atoms with Gasteiger partial charge in [-0.25, -0.2) is 0 Å². The van der Waals surface area contributed by atoms with Crippen LogP contribution in [0, 0.1) is 5.92 Å². The minimum Gasteiger partial charge on any atom is -0.369 e. The number of pyridine rings is 1. The van der Waals surface area contributed by atoms with Crippen LogP contribution in [0.1, 0.15) is 13.3 Å². The molecule has 0 radical (unpaired) electrons. The Bertz CT molecular complexity index is 764. The van der Waals surface area contributed by atoms with Crippen LogP contribution in [0.15, 0.2) is 30.5 Å². The highest BCUT2D eigenvalue weighted by Gasteiger charge is 2.27. The Morgan fingerprint density at radius 2 is 2.16 bits per heavy atom. The average Bonchev–Trinajstić information content (AvgIpc) is 2.54. The first kappa shape index (κ1) is 18.0. The molecule has 3 rings (SSSR count). The van der Waals surface area contributed by atoms with Crippen molar-refractivity contribution in [1.29, 1.82) is 0 Å². The summed E-state index contributed by atoms with van der Waals surface area (Å²) in [5.74, 6) is 0.576. The molecule has 1 amide bonds. The quantitative estimate of drug-likeness (QED) is 0.910. The SMILES string of the molecule is C[C@H]1C[C@@H](NC(=O)CN(C)C)CN(c2ccc(Cl)c3ncccc23)C1. The molecule has 1 aromatic heterocycles. The second-order valence-electron chi connectivity index (χ2n) is 7.21. The third kappa shape index (κ3) is 4.22. The van der Waals surface area contributed by atoms with Gasteiger partial charge in [0.1, 0.15) is 0 Å². The summed E-state index contributed by atoms with van der Waals surface area (Å²) in [4.78, 5) is 20.8. The molecular weight excluding hydrogens is 336 g/mol. The molecule has 5 nitrogen and oxygen atoms in total. The van der Waals surface area contributed by atoms with Crippen molar-refractivity contribution in [3.63, 3.8) is 0 Å². The van der Waals surface area contributed by atoms with E-state index in [1.54, 1.807) is 6.20 Å². The maximum Gasteiger partial charge on any atom is 0.234 e. The number of carbonyl (C=O) groups excluding carboxylic acids is 1. The Labute approximate surface area is 154 Å². The summed E-state index contributed by atoms with van der Waals surface area (Å²) in [6, 6.07) is 8.11. The number of amides is 1. The molecule has 25 heavy (non-hydrogen) atoms. The van der Waals surface area contributed by atoms with Gasteiger partial charge in [-0.3, -0.25) is 9.78 Å². The van der Waals surface area contributed by atoms with Crippen LogP contribution in [0.2, 0.25) is 5.02 Å². The number of nitrogens with zero attached hydrogens (tertiary/aromatic N) is 3. The van der Waals surface area contributed by atoms with E-state index in [1.165, 1.54) is 0 Å². The zero-order valence-electron chi connectivity index (χ0n) is 15.0. The lowest BCUT2D eigenvalue weighted by Gasteiger charge is -2.39. The van der Waals surface area contributed by atoms with E-state index in [0.717, 1.165) is 36.1 Å². The molecule has 0 saturated carbocycles. The molecule has 0 aliphatic carbocycles. The number of benzene rings is 1. The molecule has 0 bridgehead atoms. The van der Waals surface area contributed by atoms with Crippen molar-refractivity contribution >= 4 is 34.1 Å². The Kier molecular flexibility index (Phi) is 5.45. The molecule has 1 saturated heterocycles. The number of carbonyl (C=O) groups is 1. The summed E-state index contributed by atoms with van der Waals surface area (Å²) >= 11 is 6.30. The van der Waals surface area contributed by atoms with E-state index in [0.29, 0.717) is 17.5 Å². The van der Waals surface area contributed by atoms with Gasteiger partial charge in [0.25, 0.3) is 0 Å². The number of likely N-dealkylation sites (N-methyl/N-ethyl adjacent to an activating group) is 1. The molecule has 1 N–H and O–H groups in total. The van der Waals surface area contributed by atoms with E-state index < -0.39 is 0 Å². The third-order valence-electron chi connectivity index (χ3n) is 4.52. The fourth-order valence-electron chi connectivity index (χ4n) is 3.61. The van der Waals surface area contributed by atoms with Crippen molar-refractivity contribution in [1.82, 2.24) is 15.2 Å². The van der Waals surface area contributed by atoms with E-state index >= 15 is 0 Å². The minimum absolute atomic E-state index is 0.0756. The first-order valence-corrected chi connectivity index (χ1v) is 9.04. The number of halogens is 1. The molecule has 6 heteroatoms. The molecule has 2 atom stereocenters. The van der Waals surface area contributed by atoms with E-state index in [2.05, 4.69) is 34.3 Å². The van der Waals surface area contributed by atoms with Crippen molar-refractivity contribution in [2.75, 3.05) is 38.6 Å².